The van der Waals surface area contributed by atoms with Crippen LogP contribution in [-0.4, -0.2) is 17.6 Å². The smallest absolute Gasteiger partial charge is 0.170 e. The lowest BCUT2D eigenvalue weighted by atomic mass is 10.1. The van der Waals surface area contributed by atoms with Crippen LogP contribution in [0.3, 0.4) is 0 Å². The molecule has 0 atom stereocenters. The van der Waals surface area contributed by atoms with Crippen LogP contribution in [0.2, 0.25) is 0 Å². The first-order chi connectivity index (χ1) is 8.15. The minimum atomic E-state index is 0.159. The molecule has 0 saturated carbocycles. The van der Waals surface area contributed by atoms with Crippen LogP contribution >= 0.6 is 0 Å². The average Bonchev–Trinajstić information content (AvgIpc) is 2.34. The summed E-state index contributed by atoms with van der Waals surface area (Å²) in [5.41, 5.74) is 7.45. The van der Waals surface area contributed by atoms with E-state index >= 15 is 0 Å². The van der Waals surface area contributed by atoms with Crippen LogP contribution < -0.4 is 11.1 Å². The highest BCUT2D eigenvalue weighted by atomic mass is 16.4. The van der Waals surface area contributed by atoms with Crippen molar-refractivity contribution in [1.29, 1.82) is 0 Å². The molecule has 0 aromatic heterocycles. The molecule has 0 aliphatic carbocycles. The molecule has 0 aliphatic rings. The van der Waals surface area contributed by atoms with E-state index in [0.717, 1.165) is 30.6 Å². The molecule has 0 heterocycles. The molecule has 0 amide bonds. The van der Waals surface area contributed by atoms with Crippen molar-refractivity contribution in [1.82, 2.24) is 5.32 Å². The normalized spacial score (nSPS) is 12.1. The zero-order valence-electron chi connectivity index (χ0n) is 10.5. The van der Waals surface area contributed by atoms with Crippen LogP contribution in [0, 0.1) is 5.92 Å². The van der Waals surface area contributed by atoms with Gasteiger partial charge in [-0.05, 0) is 24.4 Å². The number of nitrogens with two attached hydrogens (primary N) is 1. The number of hydrogen-bond donors (Lipinski definition) is 3. The number of amidine groups is 1. The molecule has 1 aromatic carbocycles. The fraction of sp³-hybridized carbons (Fsp3) is 0.462. The molecule has 0 spiro atoms. The molecule has 0 radical (unpaired) electrons. The first-order valence-electron chi connectivity index (χ1n) is 5.91. The van der Waals surface area contributed by atoms with Gasteiger partial charge < -0.3 is 16.3 Å². The molecule has 4 nitrogen and oxygen atoms in total. The fourth-order valence-electron chi connectivity index (χ4n) is 1.59. The number of nitrogens with one attached hydrogen (secondary N) is 1. The van der Waals surface area contributed by atoms with Gasteiger partial charge in [-0.3, -0.25) is 0 Å². The van der Waals surface area contributed by atoms with Crippen molar-refractivity contribution in [2.45, 2.75) is 26.8 Å². The van der Waals surface area contributed by atoms with Crippen molar-refractivity contribution in [3.63, 3.8) is 0 Å². The molecule has 0 saturated heterocycles. The minimum Gasteiger partial charge on any atom is -0.409 e. The van der Waals surface area contributed by atoms with Crippen molar-refractivity contribution >= 4 is 5.84 Å². The summed E-state index contributed by atoms with van der Waals surface area (Å²) < 4.78 is 0. The van der Waals surface area contributed by atoms with Crippen molar-refractivity contribution < 1.29 is 5.21 Å². The lowest BCUT2D eigenvalue weighted by Gasteiger charge is -2.10. The van der Waals surface area contributed by atoms with Gasteiger partial charge in [0.05, 0.1) is 0 Å². The van der Waals surface area contributed by atoms with Gasteiger partial charge in [-0.2, -0.15) is 0 Å². The quantitative estimate of drug-likeness (QED) is 0.232. The fourth-order valence-corrected chi connectivity index (χ4v) is 1.59. The van der Waals surface area contributed by atoms with E-state index in [1.807, 2.05) is 24.3 Å². The largest absolute Gasteiger partial charge is 0.409 e. The van der Waals surface area contributed by atoms with Gasteiger partial charge in [-0.1, -0.05) is 43.3 Å². The number of oxime groups is 1. The van der Waals surface area contributed by atoms with Gasteiger partial charge in [0.2, 0.25) is 0 Å². The maximum atomic E-state index is 8.70. The summed E-state index contributed by atoms with van der Waals surface area (Å²) in [6, 6.07) is 7.67. The second-order valence-corrected chi connectivity index (χ2v) is 4.50. The van der Waals surface area contributed by atoms with Gasteiger partial charge in [-0.25, -0.2) is 0 Å². The molecule has 0 unspecified atom stereocenters. The molecule has 4 N–H and O–H groups in total. The van der Waals surface area contributed by atoms with Crippen LogP contribution in [0.4, 0.5) is 0 Å². The van der Waals surface area contributed by atoms with E-state index in [2.05, 4.69) is 24.3 Å². The summed E-state index contributed by atoms with van der Waals surface area (Å²) in [6.45, 7) is 6.11. The number of benzene rings is 1. The third-order valence-electron chi connectivity index (χ3n) is 2.61. The Morgan fingerprint density at radius 3 is 2.76 bits per heavy atom. The lowest BCUT2D eigenvalue weighted by molar-refractivity contribution is 0.318. The Morgan fingerprint density at radius 1 is 1.41 bits per heavy atom. The Bertz CT molecular complexity index is 375. The average molecular weight is 235 g/mol. The Morgan fingerprint density at radius 2 is 2.12 bits per heavy atom. The molecule has 4 heteroatoms. The summed E-state index contributed by atoms with van der Waals surface area (Å²) in [5, 5.41) is 15.1. The van der Waals surface area contributed by atoms with Crippen LogP contribution in [0.1, 0.15) is 31.4 Å². The van der Waals surface area contributed by atoms with Gasteiger partial charge in [0.1, 0.15) is 0 Å². The Hall–Kier alpha value is -1.55. The van der Waals surface area contributed by atoms with Gasteiger partial charge in [0.25, 0.3) is 0 Å². The molecule has 0 bridgehead atoms. The summed E-state index contributed by atoms with van der Waals surface area (Å²) in [7, 11) is 0. The zero-order chi connectivity index (χ0) is 12.7. The standard InChI is InChI=1S/C13H21N3O/c1-10(2)7-8-15-9-11-5-3-4-6-12(11)13(14)16-17/h3-6,10,15,17H,7-9H2,1-2H3,(H2,14,16). The van der Waals surface area contributed by atoms with Gasteiger partial charge >= 0.3 is 0 Å². The van der Waals surface area contributed by atoms with E-state index in [-0.39, 0.29) is 5.84 Å². The third-order valence-corrected chi connectivity index (χ3v) is 2.61. The van der Waals surface area contributed by atoms with Crippen molar-refractivity contribution in [3.05, 3.63) is 35.4 Å². The lowest BCUT2D eigenvalue weighted by Crippen LogP contribution is -2.21. The first-order valence-corrected chi connectivity index (χ1v) is 5.91. The maximum absolute atomic E-state index is 8.70. The second kappa shape index (κ2) is 6.91. The number of nitrogens with zero attached hydrogens (tertiary/aromatic N) is 1. The van der Waals surface area contributed by atoms with E-state index in [4.69, 9.17) is 10.9 Å². The van der Waals surface area contributed by atoms with E-state index in [0.29, 0.717) is 5.92 Å². The van der Waals surface area contributed by atoms with Crippen LogP contribution in [-0.2, 0) is 6.54 Å². The molecule has 1 aromatic rings. The van der Waals surface area contributed by atoms with Crippen LogP contribution in [0.25, 0.3) is 0 Å². The van der Waals surface area contributed by atoms with Gasteiger partial charge in [-0.15, -0.1) is 0 Å². The van der Waals surface area contributed by atoms with E-state index in [9.17, 15) is 0 Å². The Kier molecular flexibility index (Phi) is 5.49. The SMILES string of the molecule is CC(C)CCNCc1ccccc1C(N)=NO. The van der Waals surface area contributed by atoms with Gasteiger partial charge in [0.15, 0.2) is 5.84 Å². The van der Waals surface area contributed by atoms with Gasteiger partial charge in [0, 0.05) is 12.1 Å². The third kappa shape index (κ3) is 4.44. The van der Waals surface area contributed by atoms with Crippen molar-refractivity contribution in [2.24, 2.45) is 16.8 Å². The molecule has 94 valence electrons. The van der Waals surface area contributed by atoms with E-state index < -0.39 is 0 Å². The van der Waals surface area contributed by atoms with E-state index in [1.165, 1.54) is 0 Å². The van der Waals surface area contributed by atoms with Crippen LogP contribution in [0.15, 0.2) is 29.4 Å². The monoisotopic (exact) mass is 235 g/mol. The first kappa shape index (κ1) is 13.5. The maximum Gasteiger partial charge on any atom is 0.170 e. The predicted octanol–water partition coefficient (Wildman–Crippen LogP) is 1.92. The Balaban J connectivity index is 2.58. The highest BCUT2D eigenvalue weighted by Crippen LogP contribution is 2.08. The molecular weight excluding hydrogens is 214 g/mol. The summed E-state index contributed by atoms with van der Waals surface area (Å²) in [6.07, 6.45) is 1.14. The molecule has 0 fully saturated rings. The highest BCUT2D eigenvalue weighted by molar-refractivity contribution is 5.98. The second-order valence-electron chi connectivity index (χ2n) is 4.50. The topological polar surface area (TPSA) is 70.6 Å². The highest BCUT2D eigenvalue weighted by Gasteiger charge is 2.05. The minimum absolute atomic E-state index is 0.159. The molecule has 1 rings (SSSR count). The van der Waals surface area contributed by atoms with Crippen molar-refractivity contribution in [3.8, 4) is 0 Å². The molecule has 17 heavy (non-hydrogen) atoms. The summed E-state index contributed by atoms with van der Waals surface area (Å²) in [4.78, 5) is 0. The number of rotatable bonds is 6. The Labute approximate surface area is 103 Å². The van der Waals surface area contributed by atoms with Crippen LogP contribution in [0.5, 0.6) is 0 Å². The summed E-state index contributed by atoms with van der Waals surface area (Å²) in [5.74, 6) is 0.855. The van der Waals surface area contributed by atoms with E-state index in [1.54, 1.807) is 0 Å². The molecule has 0 aliphatic heterocycles. The molecular formula is C13H21N3O. The predicted molar refractivity (Wildman–Crippen MR) is 70.1 cm³/mol. The van der Waals surface area contributed by atoms with Crippen molar-refractivity contribution in [2.75, 3.05) is 6.54 Å². The summed E-state index contributed by atoms with van der Waals surface area (Å²) >= 11 is 0. The number of hydrogen-bond acceptors (Lipinski definition) is 3. The zero-order valence-corrected chi connectivity index (χ0v) is 10.5.